The maximum Gasteiger partial charge on any atom is 0.255 e. The highest BCUT2D eigenvalue weighted by molar-refractivity contribution is 6.30. The molecule has 158 valence electrons. The van der Waals surface area contributed by atoms with Crippen molar-refractivity contribution in [2.75, 3.05) is 0 Å². The molecule has 4 rings (SSSR count). The first-order valence-electron chi connectivity index (χ1n) is 10.2. The minimum Gasteiger partial charge on any atom is -0.349 e. The first-order chi connectivity index (χ1) is 14.8. The Morgan fingerprint density at radius 2 is 1.61 bits per heavy atom. The highest BCUT2D eigenvalue weighted by atomic mass is 35.5. The van der Waals surface area contributed by atoms with E-state index in [1.807, 2.05) is 63.2 Å². The molecule has 2 heterocycles. The average molecular weight is 434 g/mol. The van der Waals surface area contributed by atoms with Crippen molar-refractivity contribution in [2.24, 2.45) is 0 Å². The second-order valence-electron chi connectivity index (χ2n) is 8.68. The molecule has 2 aromatic carbocycles. The average Bonchev–Trinajstić information content (AvgIpc) is 3.02. The van der Waals surface area contributed by atoms with E-state index in [1.54, 1.807) is 35.5 Å². The van der Waals surface area contributed by atoms with Gasteiger partial charge in [0.25, 0.3) is 5.91 Å². The van der Waals surface area contributed by atoms with E-state index in [0.717, 1.165) is 11.1 Å². The molecule has 3 aromatic rings. The number of nitrogens with zero attached hydrogens (tertiary/aromatic N) is 2. The lowest BCUT2D eigenvalue weighted by Gasteiger charge is -2.35. The standard InChI is InChI=1S/C25H24ClN3O2/c1-25(2,3)28-23(30)22-19-6-4-5-7-20(19)24(31)29(22)21(17-12-14-27-15-13-17)16-8-10-18(26)11-9-16/h4-15,21-22H,1-3H3,(H,28,30). The van der Waals surface area contributed by atoms with Gasteiger partial charge in [0.15, 0.2) is 0 Å². The van der Waals surface area contributed by atoms with E-state index in [-0.39, 0.29) is 11.8 Å². The largest absolute Gasteiger partial charge is 0.349 e. The lowest BCUT2D eigenvalue weighted by Crippen LogP contribution is -2.47. The Morgan fingerprint density at radius 3 is 2.26 bits per heavy atom. The fourth-order valence-electron chi connectivity index (χ4n) is 4.01. The fourth-order valence-corrected chi connectivity index (χ4v) is 4.14. The van der Waals surface area contributed by atoms with Crippen LogP contribution in [0.3, 0.4) is 0 Å². The van der Waals surface area contributed by atoms with Gasteiger partial charge in [-0.3, -0.25) is 14.6 Å². The molecule has 2 amide bonds. The molecule has 5 nitrogen and oxygen atoms in total. The van der Waals surface area contributed by atoms with Crippen LogP contribution in [0.25, 0.3) is 0 Å². The molecule has 1 aliphatic rings. The lowest BCUT2D eigenvalue weighted by atomic mass is 9.95. The summed E-state index contributed by atoms with van der Waals surface area (Å²) in [5.41, 5.74) is 2.56. The number of fused-ring (bicyclic) bond motifs is 1. The van der Waals surface area contributed by atoms with Crippen LogP contribution in [0.5, 0.6) is 0 Å². The third-order valence-electron chi connectivity index (χ3n) is 5.23. The predicted molar refractivity (Wildman–Crippen MR) is 121 cm³/mol. The number of rotatable bonds is 4. The van der Waals surface area contributed by atoms with Crippen molar-refractivity contribution in [1.29, 1.82) is 0 Å². The molecule has 0 bridgehead atoms. The smallest absolute Gasteiger partial charge is 0.255 e. The number of nitrogens with one attached hydrogen (secondary N) is 1. The van der Waals surface area contributed by atoms with Crippen LogP contribution >= 0.6 is 11.6 Å². The monoisotopic (exact) mass is 433 g/mol. The van der Waals surface area contributed by atoms with Crippen molar-refractivity contribution < 1.29 is 9.59 Å². The van der Waals surface area contributed by atoms with Gasteiger partial charge in [0, 0.05) is 28.5 Å². The molecule has 31 heavy (non-hydrogen) atoms. The molecule has 0 spiro atoms. The second kappa shape index (κ2) is 8.16. The van der Waals surface area contributed by atoms with E-state index in [1.165, 1.54) is 0 Å². The minimum absolute atomic E-state index is 0.179. The Kier molecular flexibility index (Phi) is 5.54. The normalized spacial score (nSPS) is 16.7. The van der Waals surface area contributed by atoms with E-state index in [2.05, 4.69) is 10.3 Å². The molecule has 2 atom stereocenters. The lowest BCUT2D eigenvalue weighted by molar-refractivity contribution is -0.127. The van der Waals surface area contributed by atoms with Crippen LogP contribution in [-0.4, -0.2) is 27.2 Å². The third-order valence-corrected chi connectivity index (χ3v) is 5.48. The van der Waals surface area contributed by atoms with Crippen LogP contribution in [0.2, 0.25) is 5.02 Å². The van der Waals surface area contributed by atoms with Crippen molar-refractivity contribution >= 4 is 23.4 Å². The number of halogens is 1. The van der Waals surface area contributed by atoms with Gasteiger partial charge in [0.2, 0.25) is 5.91 Å². The zero-order valence-electron chi connectivity index (χ0n) is 17.7. The van der Waals surface area contributed by atoms with Crippen LogP contribution in [0, 0.1) is 0 Å². The molecular weight excluding hydrogens is 410 g/mol. The molecule has 1 aromatic heterocycles. The van der Waals surface area contributed by atoms with E-state index >= 15 is 0 Å². The van der Waals surface area contributed by atoms with Gasteiger partial charge in [-0.1, -0.05) is 41.9 Å². The quantitative estimate of drug-likeness (QED) is 0.634. The van der Waals surface area contributed by atoms with Crippen LogP contribution in [0.1, 0.15) is 59.9 Å². The Labute approximate surface area is 187 Å². The fraction of sp³-hybridized carbons (Fsp3) is 0.240. The molecule has 1 aliphatic heterocycles. The number of pyridine rings is 1. The van der Waals surface area contributed by atoms with E-state index < -0.39 is 17.6 Å². The van der Waals surface area contributed by atoms with E-state index in [4.69, 9.17) is 11.6 Å². The number of carbonyl (C=O) groups excluding carboxylic acids is 2. The molecule has 0 radical (unpaired) electrons. The summed E-state index contributed by atoms with van der Waals surface area (Å²) in [6.07, 6.45) is 3.38. The second-order valence-corrected chi connectivity index (χ2v) is 9.11. The van der Waals surface area contributed by atoms with Crippen molar-refractivity contribution in [1.82, 2.24) is 15.2 Å². The van der Waals surface area contributed by atoms with Crippen LogP contribution in [-0.2, 0) is 4.79 Å². The van der Waals surface area contributed by atoms with Crippen molar-refractivity contribution in [3.63, 3.8) is 0 Å². The number of hydrogen-bond donors (Lipinski definition) is 1. The molecule has 1 N–H and O–H groups in total. The summed E-state index contributed by atoms with van der Waals surface area (Å²) in [6, 6.07) is 17.2. The maximum absolute atomic E-state index is 13.6. The summed E-state index contributed by atoms with van der Waals surface area (Å²) in [5.74, 6) is -0.389. The Balaban J connectivity index is 1.88. The van der Waals surface area contributed by atoms with Crippen molar-refractivity contribution in [3.05, 3.63) is 100 Å². The van der Waals surface area contributed by atoms with Gasteiger partial charge in [0.1, 0.15) is 6.04 Å². The summed E-state index contributed by atoms with van der Waals surface area (Å²) >= 11 is 6.12. The molecule has 0 saturated carbocycles. The number of aromatic nitrogens is 1. The van der Waals surface area contributed by atoms with Gasteiger partial charge in [-0.25, -0.2) is 0 Å². The van der Waals surface area contributed by atoms with Crippen molar-refractivity contribution in [2.45, 2.75) is 38.4 Å². The highest BCUT2D eigenvalue weighted by Gasteiger charge is 2.45. The summed E-state index contributed by atoms with van der Waals surface area (Å²) < 4.78 is 0. The third kappa shape index (κ3) is 4.19. The van der Waals surface area contributed by atoms with Gasteiger partial charge in [-0.15, -0.1) is 0 Å². The SMILES string of the molecule is CC(C)(C)NC(=O)C1c2ccccc2C(=O)N1C(c1ccncc1)c1ccc(Cl)cc1. The van der Waals surface area contributed by atoms with Crippen LogP contribution < -0.4 is 5.32 Å². The topological polar surface area (TPSA) is 62.3 Å². The van der Waals surface area contributed by atoms with E-state index in [9.17, 15) is 9.59 Å². The van der Waals surface area contributed by atoms with Crippen LogP contribution in [0.4, 0.5) is 0 Å². The maximum atomic E-state index is 13.6. The predicted octanol–water partition coefficient (Wildman–Crippen LogP) is 4.94. The van der Waals surface area contributed by atoms with Crippen LogP contribution in [0.15, 0.2) is 73.1 Å². The van der Waals surface area contributed by atoms with Gasteiger partial charge < -0.3 is 10.2 Å². The Morgan fingerprint density at radius 1 is 1.00 bits per heavy atom. The molecular formula is C25H24ClN3O2. The number of carbonyl (C=O) groups is 2. The Hall–Kier alpha value is -3.18. The van der Waals surface area contributed by atoms with Gasteiger partial charge >= 0.3 is 0 Å². The summed E-state index contributed by atoms with van der Waals surface area (Å²) in [5, 5.41) is 3.66. The van der Waals surface area contributed by atoms with Crippen molar-refractivity contribution in [3.8, 4) is 0 Å². The molecule has 0 fully saturated rings. The van der Waals surface area contributed by atoms with Gasteiger partial charge in [0.05, 0.1) is 6.04 Å². The summed E-state index contributed by atoms with van der Waals surface area (Å²) in [6.45, 7) is 5.78. The zero-order valence-corrected chi connectivity index (χ0v) is 18.4. The number of amides is 2. The number of hydrogen-bond acceptors (Lipinski definition) is 3. The summed E-state index contributed by atoms with van der Waals surface area (Å²) in [7, 11) is 0. The first kappa shape index (κ1) is 21.1. The molecule has 2 unspecified atom stereocenters. The minimum atomic E-state index is -0.753. The first-order valence-corrected chi connectivity index (χ1v) is 10.5. The molecule has 0 aliphatic carbocycles. The number of benzene rings is 2. The highest BCUT2D eigenvalue weighted by Crippen LogP contribution is 2.43. The van der Waals surface area contributed by atoms with Gasteiger partial charge in [-0.05, 0) is 67.8 Å². The van der Waals surface area contributed by atoms with Gasteiger partial charge in [-0.2, -0.15) is 0 Å². The van der Waals surface area contributed by atoms with E-state index in [0.29, 0.717) is 16.1 Å². The summed E-state index contributed by atoms with van der Waals surface area (Å²) in [4.78, 5) is 32.9. The Bertz CT molecular complexity index is 1110. The zero-order chi connectivity index (χ0) is 22.2. The molecule has 0 saturated heterocycles. The molecule has 6 heteroatoms.